The lowest BCUT2D eigenvalue weighted by Crippen LogP contribution is -2.03. The monoisotopic (exact) mass is 280 g/mol. The van der Waals surface area contributed by atoms with Gasteiger partial charge in [0.25, 0.3) is 0 Å². The number of hydrogen-bond acceptors (Lipinski definition) is 0. The van der Waals surface area contributed by atoms with Crippen LogP contribution in [0.5, 0.6) is 0 Å². The fourth-order valence-corrected chi connectivity index (χ4v) is 2.36. The number of hydrogen-bond donors (Lipinski definition) is 0. The van der Waals surface area contributed by atoms with Gasteiger partial charge in [0.1, 0.15) is 0 Å². The van der Waals surface area contributed by atoms with Gasteiger partial charge < -0.3 is 0 Å². The van der Waals surface area contributed by atoms with Crippen LogP contribution in [0.4, 0.5) is 0 Å². The number of allylic oxidation sites excluding steroid dienone is 2. The first-order valence-electron chi connectivity index (χ1n) is 4.82. The van der Waals surface area contributed by atoms with E-state index in [0.717, 1.165) is 0 Å². The quantitative estimate of drug-likeness (QED) is 0.456. The molecule has 2 atom stereocenters. The summed E-state index contributed by atoms with van der Waals surface area (Å²) in [5.74, 6) is 0. The van der Waals surface area contributed by atoms with Crippen molar-refractivity contribution in [3.8, 4) is 0 Å². The third-order valence-electron chi connectivity index (χ3n) is 2.96. The van der Waals surface area contributed by atoms with Crippen molar-refractivity contribution in [1.82, 2.24) is 0 Å². The van der Waals surface area contributed by atoms with Crippen molar-refractivity contribution in [3.05, 3.63) is 12.2 Å². The molecular formula is C11H21I. The molecule has 0 heterocycles. The van der Waals surface area contributed by atoms with E-state index in [9.17, 15) is 0 Å². The van der Waals surface area contributed by atoms with E-state index < -0.39 is 0 Å². The molecule has 0 aromatic rings. The molecule has 12 heavy (non-hydrogen) atoms. The van der Waals surface area contributed by atoms with Crippen LogP contribution in [0.2, 0.25) is 0 Å². The minimum Gasteiger partial charge on any atom is -0.107 e. The molecule has 2 unspecified atom stereocenters. The van der Waals surface area contributed by atoms with Crippen LogP contribution in [0.3, 0.4) is 0 Å². The average Bonchev–Trinajstić information content (AvgIpc) is 2.44. The van der Waals surface area contributed by atoms with Gasteiger partial charge in [0.2, 0.25) is 0 Å². The highest BCUT2D eigenvalue weighted by molar-refractivity contribution is 14.0. The summed E-state index contributed by atoms with van der Waals surface area (Å²) in [5, 5.41) is 0. The molecule has 1 fully saturated rings. The van der Waals surface area contributed by atoms with Crippen LogP contribution >= 0.6 is 24.0 Å². The Labute approximate surface area is 93.8 Å². The molecule has 2 rings (SSSR count). The number of fused-ring (bicyclic) bond motifs is 2. The molecule has 0 aromatic heterocycles. The first-order valence-corrected chi connectivity index (χ1v) is 4.82. The Morgan fingerprint density at radius 1 is 0.917 bits per heavy atom. The molecule has 0 aliphatic heterocycles. The molecule has 0 radical (unpaired) electrons. The zero-order chi connectivity index (χ0) is 8.54. The van der Waals surface area contributed by atoms with Crippen LogP contribution in [0.1, 0.15) is 47.0 Å². The van der Waals surface area contributed by atoms with Gasteiger partial charge in [-0.25, -0.2) is 0 Å². The summed E-state index contributed by atoms with van der Waals surface area (Å²) in [6, 6.07) is 0. The van der Waals surface area contributed by atoms with Gasteiger partial charge in [-0.3, -0.25) is 0 Å². The summed E-state index contributed by atoms with van der Waals surface area (Å²) >= 11 is 0. The van der Waals surface area contributed by atoms with Crippen molar-refractivity contribution in [3.63, 3.8) is 0 Å². The summed E-state index contributed by atoms with van der Waals surface area (Å²) in [6.45, 7) is 8.75. The molecule has 2 aliphatic rings. The Balaban J connectivity index is 0.000000378. The van der Waals surface area contributed by atoms with Gasteiger partial charge in [0.05, 0.1) is 0 Å². The van der Waals surface area contributed by atoms with Gasteiger partial charge >= 0.3 is 0 Å². The second kappa shape index (κ2) is 4.12. The van der Waals surface area contributed by atoms with Crippen molar-refractivity contribution >= 4 is 24.0 Å². The van der Waals surface area contributed by atoms with E-state index >= 15 is 0 Å². The predicted octanol–water partition coefficient (Wildman–Crippen LogP) is 4.40. The van der Waals surface area contributed by atoms with Crippen molar-refractivity contribution in [2.45, 2.75) is 47.0 Å². The van der Waals surface area contributed by atoms with E-state index in [0.29, 0.717) is 10.8 Å². The lowest BCUT2D eigenvalue weighted by atomic mass is 9.91. The zero-order valence-corrected chi connectivity index (χ0v) is 11.0. The first-order chi connectivity index (χ1) is 5.12. The van der Waals surface area contributed by atoms with Gasteiger partial charge in [-0.15, -0.1) is 24.0 Å². The van der Waals surface area contributed by atoms with E-state index in [2.05, 4.69) is 26.0 Å². The third-order valence-corrected chi connectivity index (χ3v) is 2.96. The largest absolute Gasteiger partial charge is 0.107 e. The second-order valence-corrected chi connectivity index (χ2v) is 4.32. The second-order valence-electron chi connectivity index (χ2n) is 4.32. The maximum Gasteiger partial charge on any atom is -0.0138 e. The minimum atomic E-state index is 0. The Hall–Kier alpha value is 0.470. The standard InChI is InChI=1S/C9H14.C2H6.HI/c1-8-3-5-9(2,7-8)6-4-8;1-2;/h3,5H,4,6-7H2,1-2H3;1-2H3;1H. The summed E-state index contributed by atoms with van der Waals surface area (Å²) in [5.41, 5.74) is 1.18. The van der Waals surface area contributed by atoms with Gasteiger partial charge in [0, 0.05) is 0 Å². The van der Waals surface area contributed by atoms with Crippen LogP contribution in [-0.2, 0) is 0 Å². The predicted molar refractivity (Wildman–Crippen MR) is 66.0 cm³/mol. The smallest absolute Gasteiger partial charge is 0.0138 e. The summed E-state index contributed by atoms with van der Waals surface area (Å²) in [6.07, 6.45) is 9.06. The summed E-state index contributed by atoms with van der Waals surface area (Å²) in [7, 11) is 0. The van der Waals surface area contributed by atoms with Crippen LogP contribution in [0.25, 0.3) is 0 Å². The van der Waals surface area contributed by atoms with Crippen molar-refractivity contribution in [1.29, 1.82) is 0 Å². The van der Waals surface area contributed by atoms with E-state index in [4.69, 9.17) is 0 Å². The van der Waals surface area contributed by atoms with Gasteiger partial charge in [-0.05, 0) is 30.1 Å². The Morgan fingerprint density at radius 3 is 1.33 bits per heavy atom. The van der Waals surface area contributed by atoms with Crippen LogP contribution in [0, 0.1) is 10.8 Å². The SMILES string of the molecule is CC.CC12C=CC(C)(CC1)C2.I. The van der Waals surface area contributed by atoms with Crippen molar-refractivity contribution < 1.29 is 0 Å². The van der Waals surface area contributed by atoms with E-state index in [1.54, 1.807) is 0 Å². The van der Waals surface area contributed by atoms with Crippen LogP contribution in [0.15, 0.2) is 12.2 Å². The summed E-state index contributed by atoms with van der Waals surface area (Å²) < 4.78 is 0. The average molecular weight is 280 g/mol. The zero-order valence-electron chi connectivity index (χ0n) is 8.68. The molecule has 0 amide bonds. The van der Waals surface area contributed by atoms with Gasteiger partial charge in [0.15, 0.2) is 0 Å². The topological polar surface area (TPSA) is 0 Å². The van der Waals surface area contributed by atoms with Crippen LogP contribution < -0.4 is 0 Å². The van der Waals surface area contributed by atoms with Crippen LogP contribution in [-0.4, -0.2) is 0 Å². The van der Waals surface area contributed by atoms with Gasteiger partial charge in [-0.1, -0.05) is 39.8 Å². The van der Waals surface area contributed by atoms with E-state index in [1.165, 1.54) is 19.3 Å². The van der Waals surface area contributed by atoms with E-state index in [1.807, 2.05) is 13.8 Å². The fourth-order valence-electron chi connectivity index (χ4n) is 2.36. The molecular weight excluding hydrogens is 259 g/mol. The Kier molecular flexibility index (Phi) is 4.28. The normalized spacial score (nSPS) is 41.7. The highest BCUT2D eigenvalue weighted by atomic mass is 127. The molecule has 1 saturated carbocycles. The molecule has 0 N–H and O–H groups in total. The molecule has 0 saturated heterocycles. The fraction of sp³-hybridized carbons (Fsp3) is 0.818. The van der Waals surface area contributed by atoms with Gasteiger partial charge in [-0.2, -0.15) is 0 Å². The molecule has 2 aliphatic carbocycles. The summed E-state index contributed by atoms with van der Waals surface area (Å²) in [4.78, 5) is 0. The molecule has 1 heteroatoms. The number of rotatable bonds is 0. The lowest BCUT2D eigenvalue weighted by Gasteiger charge is -2.14. The maximum absolute atomic E-state index is 2.41. The maximum atomic E-state index is 2.41. The molecule has 0 spiro atoms. The molecule has 0 nitrogen and oxygen atoms in total. The lowest BCUT2D eigenvalue weighted by molar-refractivity contribution is 0.413. The van der Waals surface area contributed by atoms with E-state index in [-0.39, 0.29) is 24.0 Å². The molecule has 0 aromatic carbocycles. The highest BCUT2D eigenvalue weighted by Gasteiger charge is 2.44. The van der Waals surface area contributed by atoms with Crippen molar-refractivity contribution in [2.75, 3.05) is 0 Å². The highest BCUT2D eigenvalue weighted by Crippen LogP contribution is 2.56. The minimum absolute atomic E-state index is 0. The molecule has 72 valence electrons. The first kappa shape index (κ1) is 12.5. The van der Waals surface area contributed by atoms with Crippen molar-refractivity contribution in [2.24, 2.45) is 10.8 Å². The number of halogens is 1. The third kappa shape index (κ3) is 2.24. The Bertz CT molecular complexity index is 156. The Morgan fingerprint density at radius 2 is 1.25 bits per heavy atom. The molecule has 2 bridgehead atoms.